The van der Waals surface area contributed by atoms with Crippen molar-refractivity contribution in [3.63, 3.8) is 0 Å². The van der Waals surface area contributed by atoms with Crippen LogP contribution >= 0.6 is 11.3 Å². The van der Waals surface area contributed by atoms with Crippen LogP contribution in [0.5, 0.6) is 5.75 Å². The van der Waals surface area contributed by atoms with Gasteiger partial charge in [0.05, 0.1) is 7.11 Å². The van der Waals surface area contributed by atoms with E-state index in [1.165, 1.54) is 17.6 Å². The Morgan fingerprint density at radius 3 is 2.79 bits per heavy atom. The van der Waals surface area contributed by atoms with Gasteiger partial charge in [-0.3, -0.25) is 0 Å². The number of hydrogen-bond acceptors (Lipinski definition) is 3. The molecule has 0 radical (unpaired) electrons. The van der Waals surface area contributed by atoms with E-state index in [2.05, 4.69) is 23.7 Å². The standard InChI is InChI=1S/C15H18FNOS/c1-3-11-7-8-19-14(11)10-17-9-12-5-4-6-13(18-2)15(12)16/h4-8,17H,3,9-10H2,1-2H3. The molecule has 1 heterocycles. The van der Waals surface area contributed by atoms with Crippen LogP contribution in [-0.2, 0) is 19.5 Å². The van der Waals surface area contributed by atoms with E-state index in [-0.39, 0.29) is 5.82 Å². The average molecular weight is 279 g/mol. The minimum Gasteiger partial charge on any atom is -0.494 e. The zero-order valence-corrected chi connectivity index (χ0v) is 12.0. The Morgan fingerprint density at radius 1 is 1.21 bits per heavy atom. The molecule has 2 aromatic rings. The van der Waals surface area contributed by atoms with Crippen LogP contribution in [-0.4, -0.2) is 7.11 Å². The number of ether oxygens (including phenoxy) is 1. The highest BCUT2D eigenvalue weighted by atomic mass is 32.1. The molecule has 0 amide bonds. The monoisotopic (exact) mass is 279 g/mol. The second kappa shape index (κ2) is 6.68. The summed E-state index contributed by atoms with van der Waals surface area (Å²) in [4.78, 5) is 1.32. The van der Waals surface area contributed by atoms with Gasteiger partial charge >= 0.3 is 0 Å². The molecule has 0 bridgehead atoms. The summed E-state index contributed by atoms with van der Waals surface area (Å²) < 4.78 is 18.9. The molecule has 1 aromatic heterocycles. The Hall–Kier alpha value is -1.39. The number of benzene rings is 1. The maximum absolute atomic E-state index is 13.9. The molecule has 0 unspecified atom stereocenters. The summed E-state index contributed by atoms with van der Waals surface area (Å²) in [6.07, 6.45) is 1.04. The SMILES string of the molecule is CCc1ccsc1CNCc1cccc(OC)c1F. The molecule has 0 saturated carbocycles. The van der Waals surface area contributed by atoms with E-state index >= 15 is 0 Å². The lowest BCUT2D eigenvalue weighted by molar-refractivity contribution is 0.383. The summed E-state index contributed by atoms with van der Waals surface area (Å²) in [6.45, 7) is 3.43. The first kappa shape index (κ1) is 14.0. The molecule has 0 aliphatic heterocycles. The minimum absolute atomic E-state index is 0.278. The Morgan fingerprint density at radius 2 is 2.05 bits per heavy atom. The fourth-order valence-corrected chi connectivity index (χ4v) is 2.94. The van der Waals surface area contributed by atoms with Crippen LogP contribution in [0.4, 0.5) is 4.39 Å². The van der Waals surface area contributed by atoms with Gasteiger partial charge in [-0.05, 0) is 29.5 Å². The number of aryl methyl sites for hydroxylation is 1. The van der Waals surface area contributed by atoms with E-state index in [0.29, 0.717) is 17.9 Å². The van der Waals surface area contributed by atoms with Crippen LogP contribution in [0.25, 0.3) is 0 Å². The molecule has 2 rings (SSSR count). The van der Waals surface area contributed by atoms with E-state index in [0.717, 1.165) is 13.0 Å². The first-order chi connectivity index (χ1) is 9.26. The molecule has 0 fully saturated rings. The molecule has 0 aliphatic carbocycles. The minimum atomic E-state index is -0.278. The molecule has 4 heteroatoms. The van der Waals surface area contributed by atoms with Crippen molar-refractivity contribution in [2.45, 2.75) is 26.4 Å². The van der Waals surface area contributed by atoms with Gasteiger partial charge in [-0.15, -0.1) is 11.3 Å². The molecular weight excluding hydrogens is 261 g/mol. The number of methoxy groups -OCH3 is 1. The summed E-state index contributed by atoms with van der Waals surface area (Å²) >= 11 is 1.74. The highest BCUT2D eigenvalue weighted by Gasteiger charge is 2.08. The summed E-state index contributed by atoms with van der Waals surface area (Å²) in [5.74, 6) is 0.0177. The van der Waals surface area contributed by atoms with Gasteiger partial charge in [-0.2, -0.15) is 0 Å². The van der Waals surface area contributed by atoms with Crippen molar-refractivity contribution < 1.29 is 9.13 Å². The summed E-state index contributed by atoms with van der Waals surface area (Å²) in [6, 6.07) is 7.36. The van der Waals surface area contributed by atoms with Gasteiger partial charge in [-0.1, -0.05) is 19.1 Å². The Labute approximate surface area is 117 Å². The van der Waals surface area contributed by atoms with Crippen LogP contribution in [0.1, 0.15) is 22.9 Å². The van der Waals surface area contributed by atoms with Crippen molar-refractivity contribution >= 4 is 11.3 Å². The van der Waals surface area contributed by atoms with E-state index in [1.54, 1.807) is 23.5 Å². The molecule has 102 valence electrons. The predicted molar refractivity (Wildman–Crippen MR) is 77.2 cm³/mol. The van der Waals surface area contributed by atoms with Crippen LogP contribution in [0.3, 0.4) is 0 Å². The van der Waals surface area contributed by atoms with Crippen molar-refractivity contribution in [1.29, 1.82) is 0 Å². The maximum Gasteiger partial charge on any atom is 0.169 e. The van der Waals surface area contributed by atoms with Gasteiger partial charge in [0.2, 0.25) is 0 Å². The van der Waals surface area contributed by atoms with E-state index in [9.17, 15) is 4.39 Å². The lowest BCUT2D eigenvalue weighted by Crippen LogP contribution is -2.14. The van der Waals surface area contributed by atoms with Gasteiger partial charge in [-0.25, -0.2) is 4.39 Å². The second-order valence-corrected chi connectivity index (χ2v) is 5.26. The fourth-order valence-electron chi connectivity index (χ4n) is 2.00. The largest absolute Gasteiger partial charge is 0.494 e. The van der Waals surface area contributed by atoms with E-state index < -0.39 is 0 Å². The highest BCUT2D eigenvalue weighted by molar-refractivity contribution is 7.10. The summed E-state index contributed by atoms with van der Waals surface area (Å²) in [5, 5.41) is 5.38. The summed E-state index contributed by atoms with van der Waals surface area (Å²) in [7, 11) is 1.48. The lowest BCUT2D eigenvalue weighted by atomic mass is 10.2. The number of rotatable bonds is 6. The van der Waals surface area contributed by atoms with Crippen LogP contribution in [0.2, 0.25) is 0 Å². The highest BCUT2D eigenvalue weighted by Crippen LogP contribution is 2.20. The van der Waals surface area contributed by atoms with Gasteiger partial charge in [0.15, 0.2) is 11.6 Å². The Bertz CT molecular complexity index is 539. The molecule has 0 atom stereocenters. The molecule has 1 aromatic carbocycles. The zero-order valence-electron chi connectivity index (χ0n) is 11.2. The normalized spacial score (nSPS) is 10.7. The van der Waals surface area contributed by atoms with Crippen LogP contribution in [0.15, 0.2) is 29.6 Å². The third-order valence-electron chi connectivity index (χ3n) is 3.08. The third-order valence-corrected chi connectivity index (χ3v) is 4.05. The van der Waals surface area contributed by atoms with Crippen molar-refractivity contribution in [2.24, 2.45) is 0 Å². The fraction of sp³-hybridized carbons (Fsp3) is 0.333. The van der Waals surface area contributed by atoms with Crippen LogP contribution < -0.4 is 10.1 Å². The van der Waals surface area contributed by atoms with Gasteiger partial charge in [0.25, 0.3) is 0 Å². The topological polar surface area (TPSA) is 21.3 Å². The molecule has 0 spiro atoms. The van der Waals surface area contributed by atoms with Gasteiger partial charge < -0.3 is 10.1 Å². The van der Waals surface area contributed by atoms with E-state index in [4.69, 9.17) is 4.74 Å². The number of hydrogen-bond donors (Lipinski definition) is 1. The molecule has 0 aliphatic rings. The Balaban J connectivity index is 1.96. The lowest BCUT2D eigenvalue weighted by Gasteiger charge is -2.09. The smallest absolute Gasteiger partial charge is 0.169 e. The van der Waals surface area contributed by atoms with Crippen molar-refractivity contribution in [3.05, 3.63) is 51.5 Å². The summed E-state index contributed by atoms with van der Waals surface area (Å²) in [5.41, 5.74) is 2.00. The van der Waals surface area contributed by atoms with Crippen LogP contribution in [0, 0.1) is 5.82 Å². The third kappa shape index (κ3) is 3.33. The molecule has 0 saturated heterocycles. The number of thiophene rings is 1. The zero-order chi connectivity index (χ0) is 13.7. The quantitative estimate of drug-likeness (QED) is 0.869. The average Bonchev–Trinajstić information content (AvgIpc) is 2.88. The molecule has 1 N–H and O–H groups in total. The van der Waals surface area contributed by atoms with Crippen molar-refractivity contribution in [1.82, 2.24) is 5.32 Å². The van der Waals surface area contributed by atoms with E-state index in [1.807, 2.05) is 6.07 Å². The first-order valence-electron chi connectivity index (χ1n) is 6.33. The second-order valence-electron chi connectivity index (χ2n) is 4.26. The molecule has 19 heavy (non-hydrogen) atoms. The maximum atomic E-state index is 13.9. The molecular formula is C15H18FNOS. The number of nitrogens with one attached hydrogen (secondary N) is 1. The molecule has 2 nitrogen and oxygen atoms in total. The van der Waals surface area contributed by atoms with Gasteiger partial charge in [0.1, 0.15) is 0 Å². The predicted octanol–water partition coefficient (Wildman–Crippen LogP) is 3.75. The Kier molecular flexibility index (Phi) is 4.93. The first-order valence-corrected chi connectivity index (χ1v) is 7.21. The van der Waals surface area contributed by atoms with Crippen molar-refractivity contribution in [2.75, 3.05) is 7.11 Å². The number of halogens is 1. The van der Waals surface area contributed by atoms with Crippen molar-refractivity contribution in [3.8, 4) is 5.75 Å². The van der Waals surface area contributed by atoms with Gasteiger partial charge in [0, 0.05) is 23.5 Å².